The molecule has 1 heterocycles. The number of carbonyl (C=O) groups excluding carboxylic acids is 1. The van der Waals surface area contributed by atoms with Gasteiger partial charge in [0.15, 0.2) is 0 Å². The van der Waals surface area contributed by atoms with E-state index < -0.39 is 5.41 Å². The van der Waals surface area contributed by atoms with E-state index in [0.717, 1.165) is 29.7 Å². The Hall–Kier alpha value is -1.57. The first-order valence-corrected chi connectivity index (χ1v) is 6.17. The van der Waals surface area contributed by atoms with Gasteiger partial charge in [-0.1, -0.05) is 32.1 Å². The van der Waals surface area contributed by atoms with E-state index in [1.54, 1.807) is 0 Å². The zero-order chi connectivity index (χ0) is 12.6. The number of aryl methyl sites for hydroxylation is 1. The largest absolute Gasteiger partial charge is 0.325 e. The average molecular weight is 229 g/mol. The molecule has 1 aliphatic heterocycles. The van der Waals surface area contributed by atoms with Gasteiger partial charge in [-0.25, -0.2) is 0 Å². The van der Waals surface area contributed by atoms with Crippen molar-refractivity contribution in [3.63, 3.8) is 0 Å². The summed E-state index contributed by atoms with van der Waals surface area (Å²) in [4.78, 5) is 12.3. The molecule has 17 heavy (non-hydrogen) atoms. The van der Waals surface area contributed by atoms with Crippen LogP contribution >= 0.6 is 0 Å². The van der Waals surface area contributed by atoms with Crippen LogP contribution in [0.3, 0.4) is 0 Å². The van der Waals surface area contributed by atoms with Crippen LogP contribution in [0.25, 0.3) is 5.57 Å². The van der Waals surface area contributed by atoms with E-state index in [-0.39, 0.29) is 5.91 Å². The molecular formula is C15H19NO. The van der Waals surface area contributed by atoms with Crippen LogP contribution in [0.2, 0.25) is 0 Å². The third kappa shape index (κ3) is 1.59. The number of rotatable bonds is 2. The van der Waals surface area contributed by atoms with Crippen LogP contribution < -0.4 is 5.32 Å². The number of carbonyl (C=O) groups is 1. The second-order valence-electron chi connectivity index (χ2n) is 4.77. The topological polar surface area (TPSA) is 29.1 Å². The van der Waals surface area contributed by atoms with E-state index in [4.69, 9.17) is 0 Å². The molecule has 0 unspecified atom stereocenters. The summed E-state index contributed by atoms with van der Waals surface area (Å²) in [6.07, 6.45) is 1.59. The molecule has 90 valence electrons. The Labute approximate surface area is 103 Å². The minimum atomic E-state index is -0.430. The fraction of sp³-hybridized carbons (Fsp3) is 0.400. The summed E-state index contributed by atoms with van der Waals surface area (Å²) in [5.74, 6) is 0.0869. The molecule has 1 aromatic rings. The molecule has 0 bridgehead atoms. The van der Waals surface area contributed by atoms with Gasteiger partial charge >= 0.3 is 0 Å². The molecule has 0 saturated carbocycles. The van der Waals surface area contributed by atoms with Crippen LogP contribution in [0.1, 0.15) is 37.8 Å². The number of amides is 1. The van der Waals surface area contributed by atoms with Crippen LogP contribution in [0.15, 0.2) is 24.8 Å². The Morgan fingerprint density at radius 2 is 1.94 bits per heavy atom. The van der Waals surface area contributed by atoms with Gasteiger partial charge in [-0.2, -0.15) is 0 Å². The number of fused-ring (bicyclic) bond motifs is 1. The maximum atomic E-state index is 12.3. The molecule has 1 amide bonds. The number of anilines is 1. The monoisotopic (exact) mass is 229 g/mol. The van der Waals surface area contributed by atoms with E-state index >= 15 is 0 Å². The van der Waals surface area contributed by atoms with Gasteiger partial charge in [0.05, 0.1) is 5.41 Å². The molecule has 0 fully saturated rings. The number of nitrogens with one attached hydrogen (secondary N) is 1. The Bertz CT molecular complexity index is 484. The first-order chi connectivity index (χ1) is 8.05. The summed E-state index contributed by atoms with van der Waals surface area (Å²) < 4.78 is 0. The van der Waals surface area contributed by atoms with Crippen LogP contribution in [-0.2, 0) is 4.79 Å². The molecular weight excluding hydrogens is 210 g/mol. The zero-order valence-electron chi connectivity index (χ0n) is 10.8. The van der Waals surface area contributed by atoms with Crippen molar-refractivity contribution in [3.8, 4) is 0 Å². The highest BCUT2D eigenvalue weighted by molar-refractivity contribution is 6.10. The smallest absolute Gasteiger partial charge is 0.235 e. The van der Waals surface area contributed by atoms with Gasteiger partial charge in [0, 0.05) is 11.3 Å². The van der Waals surface area contributed by atoms with Crippen LogP contribution in [0.5, 0.6) is 0 Å². The molecule has 1 N–H and O–H groups in total. The molecule has 0 aromatic heterocycles. The Morgan fingerprint density at radius 1 is 1.29 bits per heavy atom. The minimum Gasteiger partial charge on any atom is -0.325 e. The molecule has 0 spiro atoms. The van der Waals surface area contributed by atoms with Crippen molar-refractivity contribution < 1.29 is 4.79 Å². The number of hydrogen-bond acceptors (Lipinski definition) is 1. The van der Waals surface area contributed by atoms with Gasteiger partial charge in [0.1, 0.15) is 0 Å². The van der Waals surface area contributed by atoms with Crippen molar-refractivity contribution in [2.24, 2.45) is 5.41 Å². The van der Waals surface area contributed by atoms with Crippen molar-refractivity contribution in [1.29, 1.82) is 0 Å². The van der Waals surface area contributed by atoms with Gasteiger partial charge in [-0.3, -0.25) is 4.79 Å². The molecule has 1 aliphatic rings. The highest BCUT2D eigenvalue weighted by atomic mass is 16.2. The number of benzene rings is 1. The fourth-order valence-corrected chi connectivity index (χ4v) is 2.65. The molecule has 0 atom stereocenters. The maximum absolute atomic E-state index is 12.3. The van der Waals surface area contributed by atoms with Gasteiger partial charge in [0.25, 0.3) is 0 Å². The highest BCUT2D eigenvalue weighted by Gasteiger charge is 2.42. The predicted octanol–water partition coefficient (Wildman–Crippen LogP) is 3.77. The maximum Gasteiger partial charge on any atom is 0.235 e. The second kappa shape index (κ2) is 4.02. The average Bonchev–Trinajstić information content (AvgIpc) is 2.32. The quantitative estimate of drug-likeness (QED) is 0.821. The van der Waals surface area contributed by atoms with Crippen molar-refractivity contribution in [3.05, 3.63) is 35.9 Å². The van der Waals surface area contributed by atoms with E-state index in [2.05, 4.69) is 38.7 Å². The van der Waals surface area contributed by atoms with E-state index in [0.29, 0.717) is 0 Å². The summed E-state index contributed by atoms with van der Waals surface area (Å²) in [6, 6.07) is 6.08. The second-order valence-corrected chi connectivity index (χ2v) is 4.77. The summed E-state index contributed by atoms with van der Waals surface area (Å²) >= 11 is 0. The fourth-order valence-electron chi connectivity index (χ4n) is 2.65. The Balaban J connectivity index is 2.60. The third-order valence-corrected chi connectivity index (χ3v) is 3.97. The normalized spacial score (nSPS) is 17.6. The van der Waals surface area contributed by atoms with Crippen LogP contribution in [0.4, 0.5) is 5.69 Å². The zero-order valence-corrected chi connectivity index (χ0v) is 10.8. The van der Waals surface area contributed by atoms with Gasteiger partial charge in [-0.05, 0) is 37.5 Å². The van der Waals surface area contributed by atoms with Crippen molar-refractivity contribution in [1.82, 2.24) is 0 Å². The molecule has 0 radical (unpaired) electrons. The van der Waals surface area contributed by atoms with Gasteiger partial charge < -0.3 is 5.32 Å². The molecule has 1 aromatic carbocycles. The lowest BCUT2D eigenvalue weighted by molar-refractivity contribution is -0.123. The lowest BCUT2D eigenvalue weighted by Crippen LogP contribution is -2.39. The first kappa shape index (κ1) is 11.9. The van der Waals surface area contributed by atoms with E-state index in [1.165, 1.54) is 5.56 Å². The van der Waals surface area contributed by atoms with Crippen molar-refractivity contribution in [2.45, 2.75) is 33.6 Å². The lowest BCUT2D eigenvalue weighted by Gasteiger charge is -2.37. The molecule has 0 saturated heterocycles. The minimum absolute atomic E-state index is 0.0869. The summed E-state index contributed by atoms with van der Waals surface area (Å²) in [7, 11) is 0. The predicted molar refractivity (Wildman–Crippen MR) is 71.9 cm³/mol. The molecule has 2 rings (SSSR count). The first-order valence-electron chi connectivity index (χ1n) is 6.17. The van der Waals surface area contributed by atoms with E-state index in [1.807, 2.05) is 12.1 Å². The molecule has 2 heteroatoms. The Kier molecular flexibility index (Phi) is 2.82. The summed E-state index contributed by atoms with van der Waals surface area (Å²) in [6.45, 7) is 10.3. The van der Waals surface area contributed by atoms with Crippen LogP contribution in [-0.4, -0.2) is 5.91 Å². The summed E-state index contributed by atoms with van der Waals surface area (Å²) in [5.41, 5.74) is 3.71. The van der Waals surface area contributed by atoms with Gasteiger partial charge in [-0.15, -0.1) is 0 Å². The standard InChI is InChI=1S/C15H19NO/c1-5-15(6-2)11(4)12-9-10(3)7-8-13(12)16-14(15)17/h7-9H,4-6H2,1-3H3,(H,16,17). The van der Waals surface area contributed by atoms with Gasteiger partial charge in [0.2, 0.25) is 5.91 Å². The highest BCUT2D eigenvalue weighted by Crippen LogP contribution is 2.46. The third-order valence-electron chi connectivity index (χ3n) is 3.97. The summed E-state index contributed by atoms with van der Waals surface area (Å²) in [5, 5.41) is 3.01. The molecule has 2 nitrogen and oxygen atoms in total. The SMILES string of the molecule is C=C1c2cc(C)ccc2NC(=O)C1(CC)CC. The number of hydrogen-bond donors (Lipinski definition) is 1. The van der Waals surface area contributed by atoms with Crippen LogP contribution in [0, 0.1) is 12.3 Å². The Morgan fingerprint density at radius 3 is 2.53 bits per heavy atom. The molecule has 0 aliphatic carbocycles. The van der Waals surface area contributed by atoms with E-state index in [9.17, 15) is 4.79 Å². The van der Waals surface area contributed by atoms with Crippen molar-refractivity contribution in [2.75, 3.05) is 5.32 Å². The lowest BCUT2D eigenvalue weighted by atomic mass is 9.70. The van der Waals surface area contributed by atoms with Crippen molar-refractivity contribution >= 4 is 17.2 Å².